The Labute approximate surface area is 159 Å². The molecule has 2 amide bonds. The van der Waals surface area contributed by atoms with Gasteiger partial charge in [-0.1, -0.05) is 30.3 Å². The van der Waals surface area contributed by atoms with Gasteiger partial charge in [0.1, 0.15) is 5.69 Å². The topological polar surface area (TPSA) is 84.4 Å². The molecule has 0 aliphatic carbocycles. The van der Waals surface area contributed by atoms with Crippen molar-refractivity contribution < 1.29 is 14.3 Å². The van der Waals surface area contributed by atoms with Crippen molar-refractivity contribution in [2.24, 2.45) is 0 Å². The molecular weight excluding hydrogens is 344 g/mol. The van der Waals surface area contributed by atoms with Crippen molar-refractivity contribution in [1.29, 1.82) is 0 Å². The summed E-state index contributed by atoms with van der Waals surface area (Å²) in [6.45, 7) is 3.28. The molecule has 1 N–H and O–H groups in total. The number of nitrogens with zero attached hydrogens (tertiary/aromatic N) is 3. The van der Waals surface area contributed by atoms with Gasteiger partial charge in [-0.05, 0) is 18.9 Å². The Morgan fingerprint density at radius 1 is 1.19 bits per heavy atom. The fourth-order valence-electron chi connectivity index (χ4n) is 2.66. The Morgan fingerprint density at radius 3 is 2.63 bits per heavy atom. The summed E-state index contributed by atoms with van der Waals surface area (Å²) in [7, 11) is 1.62. The summed E-state index contributed by atoms with van der Waals surface area (Å²) >= 11 is 0. The monoisotopic (exact) mass is 370 g/mol. The van der Waals surface area contributed by atoms with Crippen LogP contribution in [0.3, 0.4) is 0 Å². The number of carbonyl (C=O) groups is 2. The fraction of sp³-hybridized carbons (Fsp3) is 0.400. The van der Waals surface area contributed by atoms with Crippen LogP contribution in [0.1, 0.15) is 41.9 Å². The molecule has 27 heavy (non-hydrogen) atoms. The van der Waals surface area contributed by atoms with E-state index in [9.17, 15) is 9.59 Å². The molecule has 0 aliphatic rings. The first kappa shape index (κ1) is 20.5. The highest BCUT2D eigenvalue weighted by Gasteiger charge is 2.18. The molecule has 0 bridgehead atoms. The summed E-state index contributed by atoms with van der Waals surface area (Å²) in [5.41, 5.74) is 1.31. The minimum atomic E-state index is -0.233. The highest BCUT2D eigenvalue weighted by atomic mass is 16.5. The zero-order chi connectivity index (χ0) is 19.5. The van der Waals surface area contributed by atoms with Crippen LogP contribution in [0.4, 0.5) is 0 Å². The Hall–Kier alpha value is -2.80. The number of ether oxygens (including phenoxy) is 1. The van der Waals surface area contributed by atoms with Gasteiger partial charge < -0.3 is 15.0 Å². The van der Waals surface area contributed by atoms with E-state index in [1.807, 2.05) is 37.3 Å². The molecule has 1 atom stereocenters. The summed E-state index contributed by atoms with van der Waals surface area (Å²) in [4.78, 5) is 34.6. The lowest BCUT2D eigenvalue weighted by Crippen LogP contribution is -2.37. The number of methoxy groups -OCH3 is 1. The molecule has 0 aliphatic heterocycles. The molecule has 7 nitrogen and oxygen atoms in total. The summed E-state index contributed by atoms with van der Waals surface area (Å²) in [5.74, 6) is -0.335. The smallest absolute Gasteiger partial charge is 0.274 e. The van der Waals surface area contributed by atoms with Crippen LogP contribution in [0.5, 0.6) is 0 Å². The predicted octanol–water partition coefficient (Wildman–Crippen LogP) is 2.22. The minimum absolute atomic E-state index is 0.0867. The normalized spacial score (nSPS) is 11.6. The van der Waals surface area contributed by atoms with Crippen LogP contribution in [0.2, 0.25) is 0 Å². The highest BCUT2D eigenvalue weighted by molar-refractivity contribution is 5.92. The van der Waals surface area contributed by atoms with Crippen molar-refractivity contribution >= 4 is 11.8 Å². The van der Waals surface area contributed by atoms with Gasteiger partial charge in [0.15, 0.2) is 0 Å². The number of rotatable bonds is 10. The van der Waals surface area contributed by atoms with Crippen molar-refractivity contribution in [3.63, 3.8) is 0 Å². The van der Waals surface area contributed by atoms with Crippen molar-refractivity contribution in [3.8, 4) is 0 Å². The molecule has 0 fully saturated rings. The van der Waals surface area contributed by atoms with Gasteiger partial charge in [0.05, 0.1) is 12.2 Å². The molecule has 0 saturated heterocycles. The van der Waals surface area contributed by atoms with Gasteiger partial charge in [0, 0.05) is 45.6 Å². The van der Waals surface area contributed by atoms with E-state index < -0.39 is 0 Å². The lowest BCUT2D eigenvalue weighted by atomic mass is 10.1. The maximum Gasteiger partial charge on any atom is 0.274 e. The lowest BCUT2D eigenvalue weighted by molar-refractivity contribution is -0.121. The largest absolute Gasteiger partial charge is 0.385 e. The Bertz CT molecular complexity index is 710. The van der Waals surface area contributed by atoms with Gasteiger partial charge >= 0.3 is 0 Å². The summed E-state index contributed by atoms with van der Waals surface area (Å²) < 4.78 is 5.06. The van der Waals surface area contributed by atoms with E-state index in [1.165, 1.54) is 18.6 Å². The number of nitrogens with one attached hydrogen (secondary N) is 1. The SMILES string of the molecule is COCCCN(CCC(=O)N[C@H](C)c1ccccc1)C(=O)c1cnccn1. The first-order valence-electron chi connectivity index (χ1n) is 9.00. The van der Waals surface area contributed by atoms with E-state index in [4.69, 9.17) is 4.74 Å². The fourth-order valence-corrected chi connectivity index (χ4v) is 2.66. The predicted molar refractivity (Wildman–Crippen MR) is 102 cm³/mol. The summed E-state index contributed by atoms with van der Waals surface area (Å²) in [5, 5.41) is 2.97. The second-order valence-electron chi connectivity index (χ2n) is 6.18. The van der Waals surface area contributed by atoms with E-state index >= 15 is 0 Å². The van der Waals surface area contributed by atoms with Gasteiger partial charge in [0.2, 0.25) is 5.91 Å². The van der Waals surface area contributed by atoms with Gasteiger partial charge in [-0.2, -0.15) is 0 Å². The van der Waals surface area contributed by atoms with Gasteiger partial charge in [-0.3, -0.25) is 14.6 Å². The molecule has 7 heteroatoms. The average molecular weight is 370 g/mol. The lowest BCUT2D eigenvalue weighted by Gasteiger charge is -2.22. The van der Waals surface area contributed by atoms with Crippen LogP contribution >= 0.6 is 0 Å². The van der Waals surface area contributed by atoms with Crippen molar-refractivity contribution in [2.45, 2.75) is 25.8 Å². The number of amides is 2. The molecule has 2 aromatic rings. The molecule has 0 spiro atoms. The number of hydrogen-bond donors (Lipinski definition) is 1. The van der Waals surface area contributed by atoms with Crippen LogP contribution in [-0.4, -0.2) is 53.5 Å². The van der Waals surface area contributed by atoms with E-state index in [2.05, 4.69) is 15.3 Å². The number of aromatic nitrogens is 2. The van der Waals surface area contributed by atoms with Crippen LogP contribution < -0.4 is 5.32 Å². The second kappa shape index (κ2) is 11.0. The van der Waals surface area contributed by atoms with Gasteiger partial charge in [-0.15, -0.1) is 0 Å². The third-order valence-corrected chi connectivity index (χ3v) is 4.13. The first-order valence-corrected chi connectivity index (χ1v) is 9.00. The van der Waals surface area contributed by atoms with Gasteiger partial charge in [0.25, 0.3) is 5.91 Å². The van der Waals surface area contributed by atoms with E-state index in [0.29, 0.717) is 26.1 Å². The third-order valence-electron chi connectivity index (χ3n) is 4.13. The standard InChI is InChI=1S/C20H26N4O3/c1-16(17-7-4-3-5-8-17)23-19(25)9-13-24(12-6-14-27-2)20(26)18-15-21-10-11-22-18/h3-5,7-8,10-11,15-16H,6,9,12-14H2,1-2H3,(H,23,25)/t16-/m1/s1. The molecule has 0 saturated carbocycles. The number of hydrogen-bond acceptors (Lipinski definition) is 5. The summed E-state index contributed by atoms with van der Waals surface area (Å²) in [6.07, 6.45) is 5.34. The molecule has 0 radical (unpaired) electrons. The van der Waals surface area contributed by atoms with Crippen LogP contribution in [0.25, 0.3) is 0 Å². The minimum Gasteiger partial charge on any atom is -0.385 e. The molecular formula is C20H26N4O3. The zero-order valence-electron chi connectivity index (χ0n) is 15.8. The highest BCUT2D eigenvalue weighted by Crippen LogP contribution is 2.11. The average Bonchev–Trinajstić information content (AvgIpc) is 2.71. The molecule has 0 unspecified atom stereocenters. The molecule has 1 aromatic heterocycles. The quantitative estimate of drug-likeness (QED) is 0.648. The van der Waals surface area contributed by atoms with Crippen molar-refractivity contribution in [3.05, 3.63) is 60.2 Å². The van der Waals surface area contributed by atoms with Crippen LogP contribution in [0, 0.1) is 0 Å². The molecule has 1 heterocycles. The Balaban J connectivity index is 1.92. The zero-order valence-corrected chi connectivity index (χ0v) is 15.8. The van der Waals surface area contributed by atoms with Gasteiger partial charge in [-0.25, -0.2) is 4.98 Å². The molecule has 1 aromatic carbocycles. The molecule has 144 valence electrons. The van der Waals surface area contributed by atoms with E-state index in [1.54, 1.807) is 12.0 Å². The van der Waals surface area contributed by atoms with Crippen molar-refractivity contribution in [2.75, 3.05) is 26.8 Å². The van der Waals surface area contributed by atoms with E-state index in [-0.39, 0.29) is 30.0 Å². The summed E-state index contributed by atoms with van der Waals surface area (Å²) in [6, 6.07) is 9.67. The maximum atomic E-state index is 12.6. The second-order valence-corrected chi connectivity index (χ2v) is 6.18. The maximum absolute atomic E-state index is 12.6. The number of carbonyl (C=O) groups excluding carboxylic acids is 2. The van der Waals surface area contributed by atoms with Crippen LogP contribution in [0.15, 0.2) is 48.9 Å². The van der Waals surface area contributed by atoms with Crippen LogP contribution in [-0.2, 0) is 9.53 Å². The number of benzene rings is 1. The first-order chi connectivity index (χ1) is 13.1. The van der Waals surface area contributed by atoms with E-state index in [0.717, 1.165) is 5.56 Å². The molecule has 2 rings (SSSR count). The van der Waals surface area contributed by atoms with Crippen molar-refractivity contribution in [1.82, 2.24) is 20.2 Å². The Kier molecular flexibility index (Phi) is 8.38. The Morgan fingerprint density at radius 2 is 1.96 bits per heavy atom. The third kappa shape index (κ3) is 6.79.